The Bertz CT molecular complexity index is 1010. The molecule has 1 saturated heterocycles. The fourth-order valence-electron chi connectivity index (χ4n) is 3.13. The minimum Gasteiger partial charge on any atom is -0.463 e. The van der Waals surface area contributed by atoms with Crippen LogP contribution in [0, 0.1) is 10.1 Å². The van der Waals surface area contributed by atoms with Crippen LogP contribution in [0.25, 0.3) is 0 Å². The molecule has 0 saturated carbocycles. The number of rotatable bonds is 8. The number of hydrogen-bond donors (Lipinski definition) is 0. The number of non-ortho nitro benzene ring substituents is 1. The van der Waals surface area contributed by atoms with Crippen LogP contribution in [0.2, 0.25) is 0 Å². The van der Waals surface area contributed by atoms with E-state index in [2.05, 4.69) is 0 Å². The molecule has 36 heavy (non-hydrogen) atoms. The van der Waals surface area contributed by atoms with Crippen molar-refractivity contribution in [1.82, 2.24) is 0 Å². The summed E-state index contributed by atoms with van der Waals surface area (Å²) in [5.41, 5.74) is -0.254. The average molecular weight is 513 g/mol. The van der Waals surface area contributed by atoms with Crippen molar-refractivity contribution in [3.63, 3.8) is 0 Å². The second-order valence-corrected chi connectivity index (χ2v) is 7.29. The molecule has 1 aliphatic heterocycles. The molecule has 1 aliphatic rings. The van der Waals surface area contributed by atoms with Gasteiger partial charge in [0.05, 0.1) is 4.92 Å². The molecule has 196 valence electrons. The lowest BCUT2D eigenvalue weighted by Crippen LogP contribution is -2.63. The van der Waals surface area contributed by atoms with Gasteiger partial charge in [0.15, 0.2) is 12.2 Å². The maximum absolute atomic E-state index is 12.4. The third-order valence-electron chi connectivity index (χ3n) is 4.41. The molecule has 0 amide bonds. The van der Waals surface area contributed by atoms with E-state index >= 15 is 0 Å². The number of hydrogen-bond acceptors (Lipinski definition) is 14. The van der Waals surface area contributed by atoms with Gasteiger partial charge in [0.1, 0.15) is 18.5 Å². The van der Waals surface area contributed by atoms with Crippen molar-refractivity contribution in [1.29, 1.82) is 0 Å². The predicted molar refractivity (Wildman–Crippen MR) is 112 cm³/mol. The first-order valence-corrected chi connectivity index (χ1v) is 10.3. The summed E-state index contributed by atoms with van der Waals surface area (Å²) >= 11 is 0. The first-order valence-electron chi connectivity index (χ1n) is 10.3. The summed E-state index contributed by atoms with van der Waals surface area (Å²) < 4.78 is 36.1. The number of carbonyl (C=O) groups is 5. The summed E-state index contributed by atoms with van der Waals surface area (Å²) in [5, 5.41) is 10.8. The first kappa shape index (κ1) is 28.0. The van der Waals surface area contributed by atoms with E-state index in [1.54, 1.807) is 0 Å². The SMILES string of the molecule is CC(=O)OC[C@H]1O[C@@H](OC(=O)Oc2ccc([N+](=O)[O-])cc2)C(OC(C)=O)[C@@H](OC(C)=O)[C@H]1OC(C)=O. The van der Waals surface area contributed by atoms with Crippen LogP contribution in [0.15, 0.2) is 24.3 Å². The maximum atomic E-state index is 12.4. The molecule has 1 heterocycles. The van der Waals surface area contributed by atoms with Gasteiger partial charge in [-0.3, -0.25) is 29.3 Å². The molecule has 2 rings (SSSR count). The Labute approximate surface area is 203 Å². The molecule has 5 atom stereocenters. The molecule has 1 aromatic rings. The highest BCUT2D eigenvalue weighted by atomic mass is 16.8. The largest absolute Gasteiger partial charge is 0.516 e. The minimum atomic E-state index is -1.78. The Balaban J connectivity index is 2.33. The lowest BCUT2D eigenvalue weighted by molar-refractivity contribution is -0.384. The summed E-state index contributed by atoms with van der Waals surface area (Å²) in [7, 11) is 0. The molecular weight excluding hydrogens is 490 g/mol. The summed E-state index contributed by atoms with van der Waals surface area (Å²) in [6.45, 7) is 3.69. The van der Waals surface area contributed by atoms with Crippen molar-refractivity contribution in [2.75, 3.05) is 6.61 Å². The minimum absolute atomic E-state index is 0.128. The standard InChI is InChI=1S/C21H23NO14/c1-10(23)30-9-16-17(31-11(2)24)18(32-12(3)25)19(33-13(4)26)20(35-16)36-21(27)34-15-7-5-14(6-8-15)22(28)29/h5-8,16-20H,9H2,1-4H3/t16-,17+,18+,19?,20+/m1/s1. The van der Waals surface area contributed by atoms with Crippen LogP contribution in [0.5, 0.6) is 5.75 Å². The van der Waals surface area contributed by atoms with E-state index in [4.69, 9.17) is 33.2 Å². The fourth-order valence-corrected chi connectivity index (χ4v) is 3.13. The molecule has 15 heteroatoms. The summed E-state index contributed by atoms with van der Waals surface area (Å²) in [6.07, 6.45) is -9.09. The number of esters is 4. The molecule has 0 aliphatic carbocycles. The van der Waals surface area contributed by atoms with E-state index < -0.39 is 72.3 Å². The van der Waals surface area contributed by atoms with Crippen molar-refractivity contribution in [3.8, 4) is 5.75 Å². The lowest BCUT2D eigenvalue weighted by atomic mass is 9.98. The van der Waals surface area contributed by atoms with E-state index in [9.17, 15) is 34.1 Å². The highest BCUT2D eigenvalue weighted by Crippen LogP contribution is 2.30. The number of benzene rings is 1. The summed E-state index contributed by atoms with van der Waals surface area (Å²) in [4.78, 5) is 69.1. The molecule has 0 spiro atoms. The first-order chi connectivity index (χ1) is 16.9. The molecule has 0 aromatic heterocycles. The smallest absolute Gasteiger partial charge is 0.463 e. The third kappa shape index (κ3) is 8.19. The van der Waals surface area contributed by atoms with E-state index in [0.29, 0.717) is 0 Å². The van der Waals surface area contributed by atoms with Gasteiger partial charge >= 0.3 is 30.0 Å². The Morgan fingerprint density at radius 1 is 0.806 bits per heavy atom. The lowest BCUT2D eigenvalue weighted by Gasteiger charge is -2.43. The Hall–Kier alpha value is -4.27. The van der Waals surface area contributed by atoms with Crippen LogP contribution in [-0.4, -0.2) is 72.3 Å². The van der Waals surface area contributed by atoms with Crippen LogP contribution in [0.3, 0.4) is 0 Å². The number of nitro benzene ring substituents is 1. The van der Waals surface area contributed by atoms with Crippen LogP contribution >= 0.6 is 0 Å². The zero-order chi connectivity index (χ0) is 27.0. The fraction of sp³-hybridized carbons (Fsp3) is 0.476. The normalized spacial score (nSPS) is 22.9. The van der Waals surface area contributed by atoms with Crippen molar-refractivity contribution in [3.05, 3.63) is 34.4 Å². The number of nitrogens with zero attached hydrogens (tertiary/aromatic N) is 1. The monoisotopic (exact) mass is 513 g/mol. The molecular formula is C21H23NO14. The van der Waals surface area contributed by atoms with Gasteiger partial charge < -0.3 is 33.2 Å². The molecule has 1 fully saturated rings. The van der Waals surface area contributed by atoms with Crippen molar-refractivity contribution < 1.29 is 62.1 Å². The van der Waals surface area contributed by atoms with Crippen LogP contribution in [0.1, 0.15) is 27.7 Å². The van der Waals surface area contributed by atoms with Gasteiger partial charge in [-0.2, -0.15) is 0 Å². The van der Waals surface area contributed by atoms with E-state index in [0.717, 1.165) is 52.0 Å². The second-order valence-electron chi connectivity index (χ2n) is 7.29. The van der Waals surface area contributed by atoms with Crippen LogP contribution in [-0.2, 0) is 47.6 Å². The Kier molecular flexibility index (Phi) is 9.66. The maximum Gasteiger partial charge on any atom is 0.516 e. The highest BCUT2D eigenvalue weighted by molar-refractivity contribution is 5.69. The van der Waals surface area contributed by atoms with Crippen molar-refractivity contribution in [2.45, 2.75) is 58.4 Å². The number of ether oxygens (including phenoxy) is 7. The van der Waals surface area contributed by atoms with Crippen LogP contribution in [0.4, 0.5) is 10.5 Å². The van der Waals surface area contributed by atoms with Crippen molar-refractivity contribution in [2.24, 2.45) is 0 Å². The van der Waals surface area contributed by atoms with Gasteiger partial charge in [-0.1, -0.05) is 0 Å². The Morgan fingerprint density at radius 3 is 1.83 bits per heavy atom. The molecule has 1 aromatic carbocycles. The van der Waals surface area contributed by atoms with E-state index in [1.165, 1.54) is 0 Å². The van der Waals surface area contributed by atoms with E-state index in [-0.39, 0.29) is 11.4 Å². The zero-order valence-corrected chi connectivity index (χ0v) is 19.6. The van der Waals surface area contributed by atoms with Gasteiger partial charge in [-0.05, 0) is 12.1 Å². The second kappa shape index (κ2) is 12.4. The summed E-state index contributed by atoms with van der Waals surface area (Å²) in [5.74, 6) is -3.43. The highest BCUT2D eigenvalue weighted by Gasteiger charge is 2.54. The summed E-state index contributed by atoms with van der Waals surface area (Å²) in [6, 6.07) is 4.42. The quantitative estimate of drug-likeness (QED) is 0.158. The van der Waals surface area contributed by atoms with Crippen molar-refractivity contribution >= 4 is 35.7 Å². The van der Waals surface area contributed by atoms with Gasteiger partial charge in [-0.25, -0.2) is 4.79 Å². The number of nitro groups is 1. The van der Waals surface area contributed by atoms with Gasteiger partial charge in [0.2, 0.25) is 12.4 Å². The Morgan fingerprint density at radius 2 is 1.33 bits per heavy atom. The van der Waals surface area contributed by atoms with Gasteiger partial charge in [0, 0.05) is 39.8 Å². The average Bonchev–Trinajstić information content (AvgIpc) is 2.76. The molecule has 15 nitrogen and oxygen atoms in total. The molecule has 0 N–H and O–H groups in total. The van der Waals surface area contributed by atoms with Crippen LogP contribution < -0.4 is 4.74 Å². The molecule has 1 unspecified atom stereocenters. The van der Waals surface area contributed by atoms with Gasteiger partial charge in [-0.15, -0.1) is 0 Å². The van der Waals surface area contributed by atoms with Gasteiger partial charge in [0.25, 0.3) is 5.69 Å². The molecule has 0 bridgehead atoms. The van der Waals surface area contributed by atoms with E-state index in [1.807, 2.05) is 0 Å². The number of carbonyl (C=O) groups excluding carboxylic acids is 5. The topological polar surface area (TPSA) is 193 Å². The predicted octanol–water partition coefficient (Wildman–Crippen LogP) is 1.19. The zero-order valence-electron chi connectivity index (χ0n) is 19.6. The third-order valence-corrected chi connectivity index (χ3v) is 4.41. The molecule has 0 radical (unpaired) electrons.